The van der Waals surface area contributed by atoms with Crippen molar-refractivity contribution in [3.05, 3.63) is 83.4 Å². The van der Waals surface area contributed by atoms with Gasteiger partial charge in [0.25, 0.3) is 11.8 Å². The van der Waals surface area contributed by atoms with Crippen molar-refractivity contribution in [1.82, 2.24) is 10.0 Å². The molecular formula is C27H28ClN3O7S. The van der Waals surface area contributed by atoms with Gasteiger partial charge in [-0.3, -0.25) is 9.59 Å². The van der Waals surface area contributed by atoms with E-state index in [0.717, 1.165) is 5.56 Å². The Morgan fingerprint density at radius 3 is 2.56 bits per heavy atom. The summed E-state index contributed by atoms with van der Waals surface area (Å²) in [6.07, 6.45) is -0.925. The smallest absolute Gasteiger partial charge is 0.265 e. The van der Waals surface area contributed by atoms with E-state index in [0.29, 0.717) is 18.0 Å². The number of ether oxygens (including phenoxy) is 3. The topological polar surface area (TPSA) is 123 Å². The van der Waals surface area contributed by atoms with E-state index in [-0.39, 0.29) is 41.3 Å². The van der Waals surface area contributed by atoms with Crippen molar-refractivity contribution in [2.45, 2.75) is 17.5 Å². The lowest BCUT2D eigenvalue weighted by molar-refractivity contribution is -0.128. The number of nitrogens with zero attached hydrogens (tertiary/aromatic N) is 1. The number of nitrogens with one attached hydrogen (secondary N) is 2. The van der Waals surface area contributed by atoms with Crippen LogP contribution in [0.1, 0.15) is 5.56 Å². The second kappa shape index (κ2) is 12.9. The lowest BCUT2D eigenvalue weighted by Crippen LogP contribution is -2.51. The van der Waals surface area contributed by atoms with E-state index in [1.54, 1.807) is 24.3 Å². The molecule has 1 aliphatic heterocycles. The molecule has 1 heterocycles. The number of amides is 2. The molecule has 1 aliphatic rings. The Bertz CT molecular complexity index is 1420. The van der Waals surface area contributed by atoms with E-state index < -0.39 is 28.6 Å². The highest BCUT2D eigenvalue weighted by Gasteiger charge is 2.34. The van der Waals surface area contributed by atoms with Crippen LogP contribution in [-0.4, -0.2) is 59.7 Å². The Kier molecular flexibility index (Phi) is 9.41. The number of rotatable bonds is 11. The molecule has 0 spiro atoms. The van der Waals surface area contributed by atoms with Crippen molar-refractivity contribution in [3.8, 4) is 11.5 Å². The van der Waals surface area contributed by atoms with Crippen LogP contribution in [-0.2, 0) is 30.9 Å². The van der Waals surface area contributed by atoms with Crippen LogP contribution < -0.4 is 24.4 Å². The van der Waals surface area contributed by atoms with Gasteiger partial charge in [-0.15, -0.1) is 0 Å². The van der Waals surface area contributed by atoms with Crippen LogP contribution in [0.15, 0.2) is 77.7 Å². The van der Waals surface area contributed by atoms with Crippen LogP contribution in [0.25, 0.3) is 0 Å². The summed E-state index contributed by atoms with van der Waals surface area (Å²) in [4.78, 5) is 27.5. The fourth-order valence-corrected chi connectivity index (χ4v) is 5.19. The van der Waals surface area contributed by atoms with Gasteiger partial charge in [-0.25, -0.2) is 13.1 Å². The quantitative estimate of drug-likeness (QED) is 0.338. The maximum atomic E-state index is 13.2. The molecule has 3 aromatic rings. The molecule has 0 aromatic heterocycles. The Labute approximate surface area is 231 Å². The van der Waals surface area contributed by atoms with Crippen molar-refractivity contribution in [2.24, 2.45) is 0 Å². The van der Waals surface area contributed by atoms with E-state index in [9.17, 15) is 18.0 Å². The summed E-state index contributed by atoms with van der Waals surface area (Å²) in [5.74, 6) is -0.253. The minimum atomic E-state index is -3.79. The van der Waals surface area contributed by atoms with Crippen molar-refractivity contribution >= 4 is 39.1 Å². The van der Waals surface area contributed by atoms with Gasteiger partial charge in [-0.1, -0.05) is 54.1 Å². The minimum Gasteiger partial charge on any atom is -0.482 e. The highest BCUT2D eigenvalue weighted by atomic mass is 35.5. The summed E-state index contributed by atoms with van der Waals surface area (Å²) in [7, 11) is -2.32. The maximum Gasteiger partial charge on any atom is 0.265 e. The van der Waals surface area contributed by atoms with Gasteiger partial charge in [0.05, 0.1) is 28.8 Å². The molecule has 39 heavy (non-hydrogen) atoms. The molecule has 0 radical (unpaired) electrons. The number of methoxy groups -OCH3 is 1. The summed E-state index contributed by atoms with van der Waals surface area (Å²) >= 11 is 6.26. The number of para-hydroxylation sites is 2. The molecule has 0 unspecified atom stereocenters. The molecule has 10 nitrogen and oxygen atoms in total. The predicted molar refractivity (Wildman–Crippen MR) is 146 cm³/mol. The van der Waals surface area contributed by atoms with Crippen LogP contribution in [0, 0.1) is 0 Å². The summed E-state index contributed by atoms with van der Waals surface area (Å²) in [5, 5.41) is 2.87. The summed E-state index contributed by atoms with van der Waals surface area (Å²) < 4.78 is 43.6. The zero-order valence-electron chi connectivity index (χ0n) is 21.1. The van der Waals surface area contributed by atoms with Gasteiger partial charge in [0, 0.05) is 20.2 Å². The number of benzene rings is 3. The number of anilines is 1. The molecule has 2 N–H and O–H groups in total. The number of carbonyl (C=O) groups is 2. The lowest BCUT2D eigenvalue weighted by atomic mass is 10.1. The van der Waals surface area contributed by atoms with Gasteiger partial charge in [0.1, 0.15) is 11.5 Å². The normalized spacial score (nSPS) is 14.7. The molecule has 0 saturated heterocycles. The number of hydrogen-bond acceptors (Lipinski definition) is 7. The number of sulfonamides is 1. The first-order valence-corrected chi connectivity index (χ1v) is 13.9. The highest BCUT2D eigenvalue weighted by molar-refractivity contribution is 7.89. The summed E-state index contributed by atoms with van der Waals surface area (Å²) in [5.41, 5.74) is 1.44. The largest absolute Gasteiger partial charge is 0.482 e. The van der Waals surface area contributed by atoms with Crippen LogP contribution in [0.3, 0.4) is 0 Å². The SMILES string of the molecule is COCCNS(=O)(=O)c1ccc(OCC(=O)N2C[C@H](C(=O)NCc3ccccc3)Oc3ccccc32)c(Cl)c1. The van der Waals surface area contributed by atoms with E-state index in [4.69, 9.17) is 25.8 Å². The molecule has 12 heteroatoms. The van der Waals surface area contributed by atoms with Gasteiger partial charge in [-0.05, 0) is 35.9 Å². The number of carbonyl (C=O) groups excluding carboxylic acids is 2. The lowest BCUT2D eigenvalue weighted by Gasteiger charge is -2.34. The summed E-state index contributed by atoms with van der Waals surface area (Å²) in [6, 6.07) is 20.3. The van der Waals surface area contributed by atoms with Crippen molar-refractivity contribution in [1.29, 1.82) is 0 Å². The Morgan fingerprint density at radius 1 is 1.08 bits per heavy atom. The van der Waals surface area contributed by atoms with Gasteiger partial charge < -0.3 is 24.4 Å². The van der Waals surface area contributed by atoms with Gasteiger partial charge >= 0.3 is 0 Å². The number of halogens is 1. The second-order valence-corrected chi connectivity index (χ2v) is 10.7. The molecule has 4 rings (SSSR count). The average Bonchev–Trinajstić information content (AvgIpc) is 2.95. The highest BCUT2D eigenvalue weighted by Crippen LogP contribution is 2.34. The number of fused-ring (bicyclic) bond motifs is 1. The first kappa shape index (κ1) is 28.4. The minimum absolute atomic E-state index is 0.0160. The third kappa shape index (κ3) is 7.27. The number of hydrogen-bond donors (Lipinski definition) is 2. The van der Waals surface area contributed by atoms with Crippen LogP contribution in [0.4, 0.5) is 5.69 Å². The molecular weight excluding hydrogens is 546 g/mol. The molecule has 0 saturated carbocycles. The van der Waals surface area contributed by atoms with Crippen LogP contribution in [0.5, 0.6) is 11.5 Å². The van der Waals surface area contributed by atoms with Gasteiger partial charge in [-0.2, -0.15) is 0 Å². The van der Waals surface area contributed by atoms with E-state index in [1.165, 1.54) is 30.2 Å². The van der Waals surface area contributed by atoms with Gasteiger partial charge in [0.2, 0.25) is 10.0 Å². The molecule has 206 valence electrons. The Morgan fingerprint density at radius 2 is 1.82 bits per heavy atom. The second-order valence-electron chi connectivity index (χ2n) is 8.55. The van der Waals surface area contributed by atoms with Crippen molar-refractivity contribution in [2.75, 3.05) is 38.3 Å². The van der Waals surface area contributed by atoms with E-state index in [1.807, 2.05) is 30.3 Å². The molecule has 3 aromatic carbocycles. The monoisotopic (exact) mass is 573 g/mol. The first-order valence-electron chi connectivity index (χ1n) is 12.1. The molecule has 0 fully saturated rings. The predicted octanol–water partition coefficient (Wildman–Crippen LogP) is 2.75. The third-order valence-corrected chi connectivity index (χ3v) is 7.59. The standard InChI is InChI=1S/C27H28ClN3O7S/c1-36-14-13-30-39(34,35)20-11-12-23(21(28)15-20)37-18-26(32)31-17-25(38-24-10-6-5-9-22(24)31)27(33)29-16-19-7-3-2-4-8-19/h2-12,15,25,30H,13-14,16-18H2,1H3,(H,29,33)/t25-/m1/s1. The Hall–Kier alpha value is -3.64. The van der Waals surface area contributed by atoms with E-state index >= 15 is 0 Å². The van der Waals surface area contributed by atoms with Gasteiger partial charge in [0.15, 0.2) is 12.7 Å². The zero-order chi connectivity index (χ0) is 27.8. The fraction of sp³-hybridized carbons (Fsp3) is 0.259. The zero-order valence-corrected chi connectivity index (χ0v) is 22.7. The van der Waals surface area contributed by atoms with E-state index in [2.05, 4.69) is 10.0 Å². The van der Waals surface area contributed by atoms with Crippen LogP contribution >= 0.6 is 11.6 Å². The fourth-order valence-electron chi connectivity index (χ4n) is 3.85. The summed E-state index contributed by atoms with van der Waals surface area (Å²) in [6.45, 7) is 0.235. The third-order valence-electron chi connectivity index (χ3n) is 5.84. The first-order chi connectivity index (χ1) is 18.8. The molecule has 1 atom stereocenters. The average molecular weight is 574 g/mol. The maximum absolute atomic E-state index is 13.2. The molecule has 0 aliphatic carbocycles. The van der Waals surface area contributed by atoms with Crippen LogP contribution in [0.2, 0.25) is 5.02 Å². The molecule has 2 amide bonds. The molecule has 0 bridgehead atoms. The van der Waals surface area contributed by atoms with Crippen molar-refractivity contribution in [3.63, 3.8) is 0 Å². The van der Waals surface area contributed by atoms with Crippen molar-refractivity contribution < 1.29 is 32.2 Å². The Balaban J connectivity index is 1.42.